The van der Waals surface area contributed by atoms with Crippen molar-refractivity contribution in [1.82, 2.24) is 10.3 Å². The van der Waals surface area contributed by atoms with Crippen LogP contribution in [-0.2, 0) is 4.79 Å². The molecule has 1 aliphatic rings. The number of hydrogen-bond acceptors (Lipinski definition) is 3. The fourth-order valence-electron chi connectivity index (χ4n) is 2.64. The number of halogens is 2. The molecule has 21 heavy (non-hydrogen) atoms. The van der Waals surface area contributed by atoms with Crippen LogP contribution in [0.5, 0.6) is 0 Å². The van der Waals surface area contributed by atoms with Gasteiger partial charge < -0.3 is 10.4 Å². The first-order valence-electron chi connectivity index (χ1n) is 6.70. The SMILES string of the molecule is CC1(C(=O)O)CCCCC1NC(=O)c1cc(Br)cnc1Cl. The molecule has 0 aliphatic heterocycles. The van der Waals surface area contributed by atoms with Crippen molar-refractivity contribution in [2.24, 2.45) is 5.41 Å². The largest absolute Gasteiger partial charge is 0.481 e. The van der Waals surface area contributed by atoms with Crippen molar-refractivity contribution in [3.05, 3.63) is 27.5 Å². The quantitative estimate of drug-likeness (QED) is 0.795. The molecule has 2 atom stereocenters. The second-order valence-electron chi connectivity index (χ2n) is 5.49. The summed E-state index contributed by atoms with van der Waals surface area (Å²) in [6.07, 6.45) is 4.46. The van der Waals surface area contributed by atoms with E-state index in [1.54, 1.807) is 13.0 Å². The van der Waals surface area contributed by atoms with Crippen LogP contribution in [0, 0.1) is 5.41 Å². The van der Waals surface area contributed by atoms with Gasteiger partial charge in [0.2, 0.25) is 0 Å². The van der Waals surface area contributed by atoms with Gasteiger partial charge in [0, 0.05) is 16.7 Å². The average molecular weight is 376 g/mol. The van der Waals surface area contributed by atoms with E-state index in [2.05, 4.69) is 26.2 Å². The van der Waals surface area contributed by atoms with Crippen LogP contribution in [0.4, 0.5) is 0 Å². The molecule has 1 aliphatic carbocycles. The predicted molar refractivity (Wildman–Crippen MR) is 82.4 cm³/mol. The first-order valence-corrected chi connectivity index (χ1v) is 7.87. The van der Waals surface area contributed by atoms with E-state index >= 15 is 0 Å². The Bertz CT molecular complexity index is 581. The molecular formula is C14H16BrClN2O3. The number of nitrogens with one attached hydrogen (secondary N) is 1. The summed E-state index contributed by atoms with van der Waals surface area (Å²) in [5, 5.41) is 12.4. The van der Waals surface area contributed by atoms with Gasteiger partial charge in [-0.3, -0.25) is 9.59 Å². The molecule has 1 fully saturated rings. The Morgan fingerprint density at radius 1 is 1.52 bits per heavy atom. The van der Waals surface area contributed by atoms with E-state index in [0.717, 1.165) is 12.8 Å². The number of pyridine rings is 1. The molecule has 1 aromatic heterocycles. The fourth-order valence-corrected chi connectivity index (χ4v) is 3.16. The van der Waals surface area contributed by atoms with Gasteiger partial charge in [-0.05, 0) is 41.8 Å². The Labute approximate surface area is 136 Å². The van der Waals surface area contributed by atoms with E-state index in [4.69, 9.17) is 11.6 Å². The van der Waals surface area contributed by atoms with Gasteiger partial charge in [0.25, 0.3) is 5.91 Å². The Balaban J connectivity index is 2.21. The van der Waals surface area contributed by atoms with Crippen LogP contribution in [-0.4, -0.2) is 28.0 Å². The normalized spacial score (nSPS) is 25.4. The van der Waals surface area contributed by atoms with Crippen molar-refractivity contribution in [2.75, 3.05) is 0 Å². The molecule has 1 amide bonds. The number of carboxylic acid groups (broad SMARTS) is 1. The highest BCUT2D eigenvalue weighted by Crippen LogP contribution is 2.36. The first-order chi connectivity index (χ1) is 9.84. The smallest absolute Gasteiger partial charge is 0.311 e. The summed E-state index contributed by atoms with van der Waals surface area (Å²) in [5.41, 5.74) is -0.704. The molecule has 114 valence electrons. The maximum absolute atomic E-state index is 12.3. The molecular weight excluding hydrogens is 360 g/mol. The molecule has 5 nitrogen and oxygen atoms in total. The van der Waals surface area contributed by atoms with E-state index in [9.17, 15) is 14.7 Å². The monoisotopic (exact) mass is 374 g/mol. The summed E-state index contributed by atoms with van der Waals surface area (Å²) in [5.74, 6) is -1.28. The van der Waals surface area contributed by atoms with E-state index in [-0.39, 0.29) is 10.7 Å². The third kappa shape index (κ3) is 3.37. The minimum Gasteiger partial charge on any atom is -0.481 e. The van der Waals surface area contributed by atoms with Gasteiger partial charge in [0.1, 0.15) is 5.15 Å². The number of carbonyl (C=O) groups is 2. The highest BCUT2D eigenvalue weighted by atomic mass is 79.9. The van der Waals surface area contributed by atoms with Crippen molar-refractivity contribution < 1.29 is 14.7 Å². The van der Waals surface area contributed by atoms with Crippen molar-refractivity contribution in [3.63, 3.8) is 0 Å². The van der Waals surface area contributed by atoms with Crippen LogP contribution in [0.1, 0.15) is 43.0 Å². The van der Waals surface area contributed by atoms with Crippen LogP contribution < -0.4 is 5.32 Å². The number of carbonyl (C=O) groups excluding carboxylic acids is 1. The van der Waals surface area contributed by atoms with Crippen molar-refractivity contribution in [2.45, 2.75) is 38.6 Å². The summed E-state index contributed by atoms with van der Waals surface area (Å²) in [7, 11) is 0. The van der Waals surface area contributed by atoms with Crippen LogP contribution in [0.3, 0.4) is 0 Å². The number of aromatic nitrogens is 1. The summed E-state index contributed by atoms with van der Waals surface area (Å²) in [6, 6.07) is 1.16. The van der Waals surface area contributed by atoms with Crippen LogP contribution in [0.2, 0.25) is 5.15 Å². The maximum Gasteiger partial charge on any atom is 0.311 e. The number of carboxylic acids is 1. The molecule has 0 saturated heterocycles. The Kier molecular flexibility index (Phi) is 4.88. The van der Waals surface area contributed by atoms with Crippen molar-refractivity contribution in [1.29, 1.82) is 0 Å². The summed E-state index contributed by atoms with van der Waals surface area (Å²) >= 11 is 9.17. The number of aliphatic carboxylic acids is 1. The first kappa shape index (κ1) is 16.2. The molecule has 0 aromatic carbocycles. The van der Waals surface area contributed by atoms with Crippen LogP contribution in [0.15, 0.2) is 16.7 Å². The number of amides is 1. The molecule has 1 aromatic rings. The molecule has 0 spiro atoms. The van der Waals surface area contributed by atoms with Gasteiger partial charge in [-0.2, -0.15) is 0 Å². The average Bonchev–Trinajstić information content (AvgIpc) is 2.43. The topological polar surface area (TPSA) is 79.3 Å². The molecule has 7 heteroatoms. The number of hydrogen-bond donors (Lipinski definition) is 2. The minimum absolute atomic E-state index is 0.100. The summed E-state index contributed by atoms with van der Waals surface area (Å²) < 4.78 is 0.640. The van der Waals surface area contributed by atoms with E-state index in [1.807, 2.05) is 0 Å². The molecule has 0 radical (unpaired) electrons. The zero-order chi connectivity index (χ0) is 15.6. The lowest BCUT2D eigenvalue weighted by Gasteiger charge is -2.38. The lowest BCUT2D eigenvalue weighted by Crippen LogP contribution is -2.52. The van der Waals surface area contributed by atoms with Crippen molar-refractivity contribution in [3.8, 4) is 0 Å². The molecule has 2 unspecified atom stereocenters. The highest BCUT2D eigenvalue weighted by Gasteiger charge is 2.44. The minimum atomic E-state index is -0.945. The zero-order valence-corrected chi connectivity index (χ0v) is 13.9. The highest BCUT2D eigenvalue weighted by molar-refractivity contribution is 9.10. The van der Waals surface area contributed by atoms with Gasteiger partial charge in [-0.1, -0.05) is 24.4 Å². The van der Waals surface area contributed by atoms with E-state index in [0.29, 0.717) is 17.3 Å². The third-order valence-corrected chi connectivity index (χ3v) is 4.79. The molecule has 1 heterocycles. The maximum atomic E-state index is 12.3. The van der Waals surface area contributed by atoms with Crippen LogP contribution >= 0.6 is 27.5 Å². The Hall–Kier alpha value is -1.14. The fraction of sp³-hybridized carbons (Fsp3) is 0.500. The molecule has 0 bridgehead atoms. The third-order valence-electron chi connectivity index (χ3n) is 4.05. The Morgan fingerprint density at radius 3 is 2.90 bits per heavy atom. The number of rotatable bonds is 3. The second kappa shape index (κ2) is 6.32. The predicted octanol–water partition coefficient (Wildman–Crippen LogP) is 3.26. The lowest BCUT2D eigenvalue weighted by molar-refractivity contribution is -0.151. The zero-order valence-electron chi connectivity index (χ0n) is 11.5. The standard InChI is InChI=1S/C14H16BrClN2O3/c1-14(13(20)21)5-3-2-4-10(14)18-12(19)9-6-8(15)7-17-11(9)16/h6-7,10H,2-5H2,1H3,(H,18,19)(H,20,21). The van der Waals surface area contributed by atoms with Gasteiger partial charge in [0.05, 0.1) is 11.0 Å². The van der Waals surface area contributed by atoms with E-state index < -0.39 is 23.3 Å². The van der Waals surface area contributed by atoms with Gasteiger partial charge >= 0.3 is 5.97 Å². The molecule has 2 N–H and O–H groups in total. The van der Waals surface area contributed by atoms with Gasteiger partial charge in [-0.15, -0.1) is 0 Å². The summed E-state index contributed by atoms with van der Waals surface area (Å²) in [6.45, 7) is 1.68. The van der Waals surface area contributed by atoms with Gasteiger partial charge in [-0.25, -0.2) is 4.98 Å². The van der Waals surface area contributed by atoms with Crippen LogP contribution in [0.25, 0.3) is 0 Å². The molecule has 1 saturated carbocycles. The Morgan fingerprint density at radius 2 is 2.24 bits per heavy atom. The van der Waals surface area contributed by atoms with E-state index in [1.165, 1.54) is 6.20 Å². The number of nitrogens with zero attached hydrogens (tertiary/aromatic N) is 1. The van der Waals surface area contributed by atoms with Gasteiger partial charge in [0.15, 0.2) is 0 Å². The summed E-state index contributed by atoms with van der Waals surface area (Å²) in [4.78, 5) is 27.8. The van der Waals surface area contributed by atoms with Crippen molar-refractivity contribution >= 4 is 39.4 Å². The second-order valence-corrected chi connectivity index (χ2v) is 6.76. The molecule has 2 rings (SSSR count). The lowest BCUT2D eigenvalue weighted by atomic mass is 9.71.